The largest absolute Gasteiger partial charge is 0.357 e. The molecule has 3 N–H and O–H groups in total. The van der Waals surface area contributed by atoms with Crippen molar-refractivity contribution in [3.63, 3.8) is 0 Å². The maximum absolute atomic E-state index is 12.8. The van der Waals surface area contributed by atoms with Crippen LogP contribution in [0.5, 0.6) is 0 Å². The topological polar surface area (TPSA) is 120 Å². The van der Waals surface area contributed by atoms with Crippen LogP contribution in [-0.2, 0) is 21.4 Å². The summed E-state index contributed by atoms with van der Waals surface area (Å²) < 4.78 is 25.6. The van der Waals surface area contributed by atoms with Gasteiger partial charge in [0.15, 0.2) is 0 Å². The van der Waals surface area contributed by atoms with E-state index in [1.54, 1.807) is 6.20 Å². The SMILES string of the molecule is CC(=O)Nc1ccc(NS(C)(=O)=O)c(C(=O)NCc2ccc(N3CCCC3)nc2)c1. The predicted molar refractivity (Wildman–Crippen MR) is 116 cm³/mol. The average molecular weight is 432 g/mol. The van der Waals surface area contributed by atoms with Gasteiger partial charge in [-0.1, -0.05) is 6.07 Å². The number of hydrogen-bond donors (Lipinski definition) is 3. The fourth-order valence-electron chi connectivity index (χ4n) is 3.23. The molecule has 0 bridgehead atoms. The fourth-order valence-corrected chi connectivity index (χ4v) is 3.81. The number of nitrogens with one attached hydrogen (secondary N) is 3. The molecule has 9 nitrogen and oxygen atoms in total. The summed E-state index contributed by atoms with van der Waals surface area (Å²) in [5.41, 5.74) is 1.45. The molecule has 1 aliphatic heterocycles. The molecule has 1 aromatic heterocycles. The number of hydrogen-bond acceptors (Lipinski definition) is 6. The second-order valence-electron chi connectivity index (χ2n) is 7.22. The lowest BCUT2D eigenvalue weighted by Crippen LogP contribution is -2.25. The molecule has 0 unspecified atom stereocenters. The molecule has 0 aliphatic carbocycles. The lowest BCUT2D eigenvalue weighted by atomic mass is 10.1. The Labute approximate surface area is 175 Å². The lowest BCUT2D eigenvalue weighted by Gasteiger charge is -2.16. The van der Waals surface area contributed by atoms with Crippen LogP contribution in [-0.4, -0.2) is 44.6 Å². The second-order valence-corrected chi connectivity index (χ2v) is 8.97. The van der Waals surface area contributed by atoms with Crippen LogP contribution >= 0.6 is 0 Å². The maximum atomic E-state index is 12.8. The van der Waals surface area contributed by atoms with E-state index in [-0.39, 0.29) is 23.7 Å². The highest BCUT2D eigenvalue weighted by Gasteiger charge is 2.16. The minimum Gasteiger partial charge on any atom is -0.357 e. The molecular weight excluding hydrogens is 406 g/mol. The number of anilines is 3. The Bertz CT molecular complexity index is 1030. The Hall–Kier alpha value is -3.14. The molecule has 160 valence electrons. The van der Waals surface area contributed by atoms with E-state index in [0.717, 1.165) is 30.7 Å². The van der Waals surface area contributed by atoms with Crippen LogP contribution in [0.1, 0.15) is 35.7 Å². The predicted octanol–water partition coefficient (Wildman–Crippen LogP) is 1.94. The quantitative estimate of drug-likeness (QED) is 0.616. The number of pyridine rings is 1. The number of amides is 2. The van der Waals surface area contributed by atoms with Crippen LogP contribution in [0.25, 0.3) is 0 Å². The third-order valence-electron chi connectivity index (χ3n) is 4.57. The molecule has 1 saturated heterocycles. The van der Waals surface area contributed by atoms with Gasteiger partial charge in [0.2, 0.25) is 15.9 Å². The first-order valence-electron chi connectivity index (χ1n) is 9.59. The second kappa shape index (κ2) is 9.12. The number of aromatic nitrogens is 1. The number of benzene rings is 1. The molecule has 3 rings (SSSR count). The van der Waals surface area contributed by atoms with Crippen molar-refractivity contribution in [3.05, 3.63) is 47.7 Å². The molecule has 2 amide bonds. The third kappa shape index (κ3) is 5.93. The van der Waals surface area contributed by atoms with Crippen molar-refractivity contribution in [2.75, 3.05) is 34.3 Å². The van der Waals surface area contributed by atoms with Gasteiger partial charge in [0, 0.05) is 38.4 Å². The van der Waals surface area contributed by atoms with E-state index in [1.807, 2.05) is 12.1 Å². The van der Waals surface area contributed by atoms with Crippen molar-refractivity contribution in [1.82, 2.24) is 10.3 Å². The van der Waals surface area contributed by atoms with E-state index in [1.165, 1.54) is 38.0 Å². The standard InChI is InChI=1S/C20H25N5O4S/c1-14(26)23-16-6-7-18(24-30(2,28)29)17(11-16)20(27)22-13-15-5-8-19(21-12-15)25-9-3-4-10-25/h5-8,11-12,24H,3-4,9-10,13H2,1-2H3,(H,22,27)(H,23,26). The maximum Gasteiger partial charge on any atom is 0.253 e. The van der Waals surface area contributed by atoms with Gasteiger partial charge in [-0.25, -0.2) is 13.4 Å². The molecule has 0 spiro atoms. The van der Waals surface area contributed by atoms with Gasteiger partial charge in [-0.15, -0.1) is 0 Å². The van der Waals surface area contributed by atoms with E-state index in [9.17, 15) is 18.0 Å². The van der Waals surface area contributed by atoms with E-state index in [2.05, 4.69) is 25.2 Å². The van der Waals surface area contributed by atoms with Gasteiger partial charge >= 0.3 is 0 Å². The first kappa shape index (κ1) is 21.6. The Morgan fingerprint density at radius 1 is 1.13 bits per heavy atom. The van der Waals surface area contributed by atoms with Crippen molar-refractivity contribution < 1.29 is 18.0 Å². The Kier molecular flexibility index (Phi) is 6.56. The van der Waals surface area contributed by atoms with Crippen LogP contribution in [0.15, 0.2) is 36.5 Å². The first-order valence-corrected chi connectivity index (χ1v) is 11.5. The van der Waals surface area contributed by atoms with Crippen molar-refractivity contribution >= 4 is 39.0 Å². The van der Waals surface area contributed by atoms with Crippen molar-refractivity contribution in [2.24, 2.45) is 0 Å². The highest BCUT2D eigenvalue weighted by Crippen LogP contribution is 2.22. The molecule has 10 heteroatoms. The highest BCUT2D eigenvalue weighted by molar-refractivity contribution is 7.92. The number of carbonyl (C=O) groups is 2. The summed E-state index contributed by atoms with van der Waals surface area (Å²) >= 11 is 0. The van der Waals surface area contributed by atoms with Gasteiger partial charge in [-0.3, -0.25) is 14.3 Å². The van der Waals surface area contributed by atoms with Crippen LogP contribution in [0.2, 0.25) is 0 Å². The number of sulfonamides is 1. The summed E-state index contributed by atoms with van der Waals surface area (Å²) in [5, 5.41) is 5.36. The first-order chi connectivity index (χ1) is 14.2. The molecule has 1 aromatic carbocycles. The Morgan fingerprint density at radius 2 is 1.87 bits per heavy atom. The van der Waals surface area contributed by atoms with Crippen LogP contribution in [0, 0.1) is 0 Å². The smallest absolute Gasteiger partial charge is 0.253 e. The van der Waals surface area contributed by atoms with Gasteiger partial charge < -0.3 is 15.5 Å². The third-order valence-corrected chi connectivity index (χ3v) is 5.16. The summed E-state index contributed by atoms with van der Waals surface area (Å²) in [6.07, 6.45) is 5.06. The summed E-state index contributed by atoms with van der Waals surface area (Å²) in [5.74, 6) is 0.150. The zero-order valence-electron chi connectivity index (χ0n) is 16.9. The summed E-state index contributed by atoms with van der Waals surface area (Å²) in [6.45, 7) is 3.59. The summed E-state index contributed by atoms with van der Waals surface area (Å²) in [6, 6.07) is 8.23. The monoisotopic (exact) mass is 431 g/mol. The minimum absolute atomic E-state index is 0.105. The van der Waals surface area contributed by atoms with E-state index >= 15 is 0 Å². The number of nitrogens with zero attached hydrogens (tertiary/aromatic N) is 2. The molecule has 2 heterocycles. The minimum atomic E-state index is -3.58. The fraction of sp³-hybridized carbons (Fsp3) is 0.350. The number of rotatable bonds is 7. The summed E-state index contributed by atoms with van der Waals surface area (Å²) in [4.78, 5) is 30.7. The van der Waals surface area contributed by atoms with Gasteiger partial charge in [0.1, 0.15) is 5.82 Å². The zero-order valence-corrected chi connectivity index (χ0v) is 17.8. The molecule has 30 heavy (non-hydrogen) atoms. The van der Waals surface area contributed by atoms with Crippen molar-refractivity contribution in [3.8, 4) is 0 Å². The zero-order chi connectivity index (χ0) is 21.7. The van der Waals surface area contributed by atoms with Gasteiger partial charge in [-0.2, -0.15) is 0 Å². The van der Waals surface area contributed by atoms with Gasteiger partial charge in [-0.05, 0) is 42.7 Å². The average Bonchev–Trinajstić information content (AvgIpc) is 3.21. The Balaban J connectivity index is 1.73. The van der Waals surface area contributed by atoms with E-state index in [0.29, 0.717) is 5.69 Å². The molecule has 2 aromatic rings. The van der Waals surface area contributed by atoms with Crippen LogP contribution in [0.3, 0.4) is 0 Å². The number of carbonyl (C=O) groups excluding carboxylic acids is 2. The lowest BCUT2D eigenvalue weighted by molar-refractivity contribution is -0.114. The molecule has 0 saturated carbocycles. The highest BCUT2D eigenvalue weighted by atomic mass is 32.2. The van der Waals surface area contributed by atoms with E-state index in [4.69, 9.17) is 0 Å². The van der Waals surface area contributed by atoms with Crippen molar-refractivity contribution in [2.45, 2.75) is 26.3 Å². The van der Waals surface area contributed by atoms with Gasteiger partial charge in [0.25, 0.3) is 5.91 Å². The molecule has 1 fully saturated rings. The molecule has 1 aliphatic rings. The van der Waals surface area contributed by atoms with E-state index < -0.39 is 15.9 Å². The van der Waals surface area contributed by atoms with Crippen LogP contribution < -0.4 is 20.3 Å². The van der Waals surface area contributed by atoms with Crippen molar-refractivity contribution in [1.29, 1.82) is 0 Å². The molecule has 0 radical (unpaired) electrons. The molecule has 0 atom stereocenters. The Morgan fingerprint density at radius 3 is 2.47 bits per heavy atom. The van der Waals surface area contributed by atoms with Gasteiger partial charge in [0.05, 0.1) is 17.5 Å². The normalized spacial score (nSPS) is 13.7. The summed E-state index contributed by atoms with van der Waals surface area (Å²) in [7, 11) is -3.58. The molecular formula is C20H25N5O4S. The van der Waals surface area contributed by atoms with Crippen LogP contribution in [0.4, 0.5) is 17.2 Å².